The van der Waals surface area contributed by atoms with Gasteiger partial charge in [0, 0.05) is 25.8 Å². The minimum atomic E-state index is -1.18. The number of nitrogens with one attached hydrogen (secondary N) is 1. The molecule has 3 amide bonds. The van der Waals surface area contributed by atoms with E-state index in [2.05, 4.69) is 5.32 Å². The van der Waals surface area contributed by atoms with Gasteiger partial charge in [-0.15, -0.1) is 0 Å². The number of nitrogens with zero attached hydrogens (tertiary/aromatic N) is 2. The van der Waals surface area contributed by atoms with Gasteiger partial charge in [0.15, 0.2) is 0 Å². The lowest BCUT2D eigenvalue weighted by atomic mass is 9.86. The number of para-hydroxylation sites is 1. The van der Waals surface area contributed by atoms with Gasteiger partial charge < -0.3 is 25.0 Å². The summed E-state index contributed by atoms with van der Waals surface area (Å²) in [5.41, 5.74) is -0.572. The third-order valence-electron chi connectivity index (χ3n) is 4.40. The van der Waals surface area contributed by atoms with Crippen molar-refractivity contribution >= 4 is 23.8 Å². The largest absolute Gasteiger partial charge is 0.467 e. The highest BCUT2D eigenvalue weighted by Crippen LogP contribution is 2.30. The first-order valence-corrected chi connectivity index (χ1v) is 7.57. The number of amides is 3. The molecule has 2 rings (SSSR count). The van der Waals surface area contributed by atoms with E-state index in [0.717, 1.165) is 0 Å². The molecule has 2 N–H and O–H groups in total. The molecule has 0 radical (unpaired) electrons. The number of anilines is 1. The molecule has 0 aromatic heterocycles. The number of piperidine rings is 1. The minimum absolute atomic E-state index is 0.160. The Bertz CT molecular complexity index is 611. The normalized spacial score (nSPS) is 16.2. The summed E-state index contributed by atoms with van der Waals surface area (Å²) in [6.07, 6.45) is -0.667. The Kier molecular flexibility index (Phi) is 5.28. The summed E-state index contributed by atoms with van der Waals surface area (Å²) in [6, 6.07) is 8.44. The number of likely N-dealkylation sites (N-methyl/N-ethyl adjacent to an activating group) is 1. The predicted octanol–water partition coefficient (Wildman–Crippen LogP) is 1.84. The summed E-state index contributed by atoms with van der Waals surface area (Å²) in [7, 11) is 2.78. The Morgan fingerprint density at radius 3 is 2.29 bits per heavy atom. The molecule has 0 spiro atoms. The maximum atomic E-state index is 12.5. The molecule has 0 aliphatic carbocycles. The second kappa shape index (κ2) is 7.20. The van der Waals surface area contributed by atoms with Crippen LogP contribution in [0.5, 0.6) is 0 Å². The first kappa shape index (κ1) is 17.6. The maximum Gasteiger partial charge on any atom is 0.407 e. The SMILES string of the molecule is COC(=O)C1(N(C)C(=O)Nc2ccccc2)CCN(C(=O)O)CC1. The number of ether oxygens (including phenoxy) is 1. The Hall–Kier alpha value is -2.77. The molecule has 0 unspecified atom stereocenters. The topological polar surface area (TPSA) is 99.2 Å². The van der Waals surface area contributed by atoms with Crippen molar-refractivity contribution in [3.8, 4) is 0 Å². The molecule has 1 fully saturated rings. The zero-order valence-corrected chi connectivity index (χ0v) is 13.7. The standard InChI is InChI=1S/C16H21N3O5/c1-18(14(21)17-12-6-4-3-5-7-12)16(13(20)24-2)8-10-19(11-9-16)15(22)23/h3-7H,8-11H2,1-2H3,(H,17,21)(H,22,23). The number of hydrogen-bond donors (Lipinski definition) is 2. The highest BCUT2D eigenvalue weighted by molar-refractivity contribution is 5.94. The number of likely N-dealkylation sites (tertiary alicyclic amines) is 1. The van der Waals surface area contributed by atoms with Crippen molar-refractivity contribution in [2.45, 2.75) is 18.4 Å². The van der Waals surface area contributed by atoms with Crippen LogP contribution < -0.4 is 5.32 Å². The van der Waals surface area contributed by atoms with E-state index in [1.54, 1.807) is 24.3 Å². The molecule has 8 heteroatoms. The van der Waals surface area contributed by atoms with Gasteiger partial charge in [-0.25, -0.2) is 14.4 Å². The third-order valence-corrected chi connectivity index (χ3v) is 4.40. The van der Waals surface area contributed by atoms with Crippen LogP contribution in [-0.2, 0) is 9.53 Å². The van der Waals surface area contributed by atoms with E-state index in [1.165, 1.54) is 24.0 Å². The fourth-order valence-electron chi connectivity index (χ4n) is 2.86. The molecule has 0 atom stereocenters. The van der Waals surface area contributed by atoms with Crippen molar-refractivity contribution in [1.82, 2.24) is 9.80 Å². The van der Waals surface area contributed by atoms with Crippen molar-refractivity contribution in [2.24, 2.45) is 0 Å². The van der Waals surface area contributed by atoms with Crippen LogP contribution in [0.1, 0.15) is 12.8 Å². The van der Waals surface area contributed by atoms with Gasteiger partial charge in [0.05, 0.1) is 7.11 Å². The number of rotatable bonds is 3. The average Bonchev–Trinajstić information content (AvgIpc) is 2.61. The van der Waals surface area contributed by atoms with Crippen LogP contribution in [0.2, 0.25) is 0 Å². The van der Waals surface area contributed by atoms with Gasteiger partial charge in [0.25, 0.3) is 0 Å². The summed E-state index contributed by atoms with van der Waals surface area (Å²) < 4.78 is 4.88. The molecule has 1 aromatic carbocycles. The lowest BCUT2D eigenvalue weighted by Crippen LogP contribution is -2.62. The van der Waals surface area contributed by atoms with Gasteiger partial charge in [0.1, 0.15) is 5.54 Å². The number of esters is 1. The number of carbonyl (C=O) groups excluding carboxylic acids is 2. The lowest BCUT2D eigenvalue weighted by Gasteiger charge is -2.44. The van der Waals surface area contributed by atoms with Crippen LogP contribution in [-0.4, -0.2) is 65.8 Å². The van der Waals surface area contributed by atoms with Crippen LogP contribution in [0.15, 0.2) is 30.3 Å². The van der Waals surface area contributed by atoms with Gasteiger partial charge in [-0.1, -0.05) is 18.2 Å². The van der Waals surface area contributed by atoms with E-state index < -0.39 is 23.6 Å². The van der Waals surface area contributed by atoms with Crippen molar-refractivity contribution in [3.63, 3.8) is 0 Å². The van der Waals surface area contributed by atoms with Crippen molar-refractivity contribution in [3.05, 3.63) is 30.3 Å². The smallest absolute Gasteiger partial charge is 0.407 e. The molecule has 1 aliphatic heterocycles. The molecular formula is C16H21N3O5. The predicted molar refractivity (Wildman–Crippen MR) is 86.8 cm³/mol. The van der Waals surface area contributed by atoms with Gasteiger partial charge in [-0.05, 0) is 25.0 Å². The summed E-state index contributed by atoms with van der Waals surface area (Å²) in [5.74, 6) is -0.543. The molecule has 24 heavy (non-hydrogen) atoms. The van der Waals surface area contributed by atoms with E-state index in [4.69, 9.17) is 9.84 Å². The molecular weight excluding hydrogens is 314 g/mol. The van der Waals surface area contributed by atoms with E-state index in [1.807, 2.05) is 6.07 Å². The van der Waals surface area contributed by atoms with Crippen LogP contribution in [0, 0.1) is 0 Å². The Labute approximate surface area is 140 Å². The zero-order valence-electron chi connectivity index (χ0n) is 13.7. The fourth-order valence-corrected chi connectivity index (χ4v) is 2.86. The molecule has 1 saturated heterocycles. The number of carbonyl (C=O) groups is 3. The van der Waals surface area contributed by atoms with Crippen molar-refractivity contribution in [1.29, 1.82) is 0 Å². The van der Waals surface area contributed by atoms with E-state index in [-0.39, 0.29) is 25.9 Å². The Morgan fingerprint density at radius 2 is 1.79 bits per heavy atom. The zero-order chi connectivity index (χ0) is 17.7. The van der Waals surface area contributed by atoms with Gasteiger partial charge in [0.2, 0.25) is 0 Å². The van der Waals surface area contributed by atoms with Gasteiger partial charge in [-0.3, -0.25) is 0 Å². The molecule has 0 bridgehead atoms. The number of methoxy groups -OCH3 is 1. The minimum Gasteiger partial charge on any atom is -0.467 e. The third kappa shape index (κ3) is 3.42. The highest BCUT2D eigenvalue weighted by Gasteiger charge is 2.48. The van der Waals surface area contributed by atoms with Crippen molar-refractivity contribution in [2.75, 3.05) is 32.6 Å². The van der Waals surface area contributed by atoms with Crippen molar-refractivity contribution < 1.29 is 24.2 Å². The first-order valence-electron chi connectivity index (χ1n) is 7.57. The Morgan fingerprint density at radius 1 is 1.21 bits per heavy atom. The van der Waals surface area contributed by atoms with E-state index >= 15 is 0 Å². The molecule has 1 aliphatic rings. The second-order valence-corrected chi connectivity index (χ2v) is 5.65. The average molecular weight is 335 g/mol. The summed E-state index contributed by atoms with van der Waals surface area (Å²) in [5, 5.41) is 11.8. The molecule has 130 valence electrons. The van der Waals surface area contributed by atoms with Crippen LogP contribution in [0.25, 0.3) is 0 Å². The Balaban J connectivity index is 2.17. The van der Waals surface area contributed by atoms with E-state index in [0.29, 0.717) is 5.69 Å². The van der Waals surface area contributed by atoms with E-state index in [9.17, 15) is 14.4 Å². The summed E-state index contributed by atoms with van der Waals surface area (Å²) >= 11 is 0. The second-order valence-electron chi connectivity index (χ2n) is 5.65. The first-order chi connectivity index (χ1) is 11.4. The number of benzene rings is 1. The lowest BCUT2D eigenvalue weighted by molar-refractivity contribution is -0.155. The van der Waals surface area contributed by atoms with Crippen LogP contribution in [0.3, 0.4) is 0 Å². The molecule has 1 heterocycles. The van der Waals surface area contributed by atoms with Gasteiger partial charge >= 0.3 is 18.1 Å². The summed E-state index contributed by atoms with van der Waals surface area (Å²) in [4.78, 5) is 38.5. The van der Waals surface area contributed by atoms with Gasteiger partial charge in [-0.2, -0.15) is 0 Å². The number of hydrogen-bond acceptors (Lipinski definition) is 4. The van der Waals surface area contributed by atoms with Crippen LogP contribution >= 0.6 is 0 Å². The fraction of sp³-hybridized carbons (Fsp3) is 0.438. The quantitative estimate of drug-likeness (QED) is 0.821. The number of carboxylic acid groups (broad SMARTS) is 1. The maximum absolute atomic E-state index is 12.5. The number of urea groups is 1. The molecule has 1 aromatic rings. The molecule has 0 saturated carbocycles. The molecule has 8 nitrogen and oxygen atoms in total. The summed E-state index contributed by atoms with van der Waals surface area (Å²) in [6.45, 7) is 0.320. The van der Waals surface area contributed by atoms with Crippen LogP contribution in [0.4, 0.5) is 15.3 Å². The highest BCUT2D eigenvalue weighted by atomic mass is 16.5. The monoisotopic (exact) mass is 335 g/mol.